The predicted molar refractivity (Wildman–Crippen MR) is 133 cm³/mol. The molecule has 2 aromatic carbocycles. The molecular weight excluding hydrogens is 504 g/mol. The van der Waals surface area contributed by atoms with E-state index in [-0.39, 0.29) is 29.9 Å². The Morgan fingerprint density at radius 3 is 2.52 bits per heavy atom. The van der Waals surface area contributed by atoms with Crippen molar-refractivity contribution in [2.24, 2.45) is 0 Å². The minimum absolute atomic E-state index is 0.00282. The number of thioether (sulfide) groups is 1. The number of carbonyl (C=O) groups excluding carboxylic acids is 2. The highest BCUT2D eigenvalue weighted by atomic mass is 79.9. The molecule has 0 saturated heterocycles. The number of hydrogen-bond acceptors (Lipinski definition) is 6. The van der Waals surface area contributed by atoms with Gasteiger partial charge in [0.25, 0.3) is 0 Å². The normalized spacial score (nSPS) is 11.6. The number of rotatable bonds is 11. The highest BCUT2D eigenvalue weighted by Crippen LogP contribution is 2.22. The Labute approximate surface area is 205 Å². The first-order chi connectivity index (χ1) is 15.9. The molecule has 1 amide bonds. The van der Waals surface area contributed by atoms with Crippen LogP contribution >= 0.6 is 27.7 Å². The molecule has 0 aliphatic rings. The van der Waals surface area contributed by atoms with Gasteiger partial charge in [-0.1, -0.05) is 58.0 Å². The Bertz CT molecular complexity index is 1110. The van der Waals surface area contributed by atoms with Gasteiger partial charge in [0.15, 0.2) is 16.8 Å². The van der Waals surface area contributed by atoms with Gasteiger partial charge in [0, 0.05) is 16.6 Å². The van der Waals surface area contributed by atoms with Crippen molar-refractivity contribution in [2.45, 2.75) is 31.1 Å². The number of Topliss-reactive ketones (excluding diaryl/α,β-unsaturated/α-hetero) is 1. The number of amides is 1. The van der Waals surface area contributed by atoms with Crippen LogP contribution in [0.5, 0.6) is 5.75 Å². The number of halogens is 1. The van der Waals surface area contributed by atoms with E-state index < -0.39 is 0 Å². The first-order valence-electron chi connectivity index (χ1n) is 10.3. The molecule has 0 saturated carbocycles. The number of ether oxygens (including phenoxy) is 1. The van der Waals surface area contributed by atoms with E-state index in [9.17, 15) is 9.59 Å². The molecule has 1 aromatic heterocycles. The highest BCUT2D eigenvalue weighted by Gasteiger charge is 2.20. The van der Waals surface area contributed by atoms with Crippen LogP contribution in [0.15, 0.2) is 70.8 Å². The van der Waals surface area contributed by atoms with E-state index in [2.05, 4.69) is 38.0 Å². The summed E-state index contributed by atoms with van der Waals surface area (Å²) >= 11 is 4.69. The zero-order valence-corrected chi connectivity index (χ0v) is 20.9. The minimum atomic E-state index is -0.361. The summed E-state index contributed by atoms with van der Waals surface area (Å²) in [6.07, 6.45) is 1.98. The van der Waals surface area contributed by atoms with Crippen molar-refractivity contribution in [2.75, 3.05) is 12.9 Å². The molecule has 0 unspecified atom stereocenters. The standard InChI is InChI=1S/C24H25BrN4O3S/c1-4-13-29-23(16(2)26-22(31)14-17-5-11-20(32-3)12-6-17)27-28-24(29)33-15-21(30)18-7-9-19(25)10-8-18/h4-12,16H,1,13-15H2,2-3H3,(H,26,31)/t16-/m0/s1. The molecule has 3 aromatic rings. The highest BCUT2D eigenvalue weighted by molar-refractivity contribution is 9.10. The number of methoxy groups -OCH3 is 1. The van der Waals surface area contributed by atoms with Crippen molar-refractivity contribution in [3.05, 3.63) is 82.6 Å². The number of nitrogens with one attached hydrogen (secondary N) is 1. The molecule has 0 radical (unpaired) electrons. The molecule has 33 heavy (non-hydrogen) atoms. The molecule has 0 aliphatic heterocycles. The number of benzene rings is 2. The van der Waals surface area contributed by atoms with Gasteiger partial charge in [0.1, 0.15) is 5.75 Å². The molecule has 0 fully saturated rings. The summed E-state index contributed by atoms with van der Waals surface area (Å²) < 4.78 is 7.94. The van der Waals surface area contributed by atoms with Gasteiger partial charge in [-0.15, -0.1) is 16.8 Å². The number of carbonyl (C=O) groups is 2. The summed E-state index contributed by atoms with van der Waals surface area (Å²) in [5, 5.41) is 12.1. The lowest BCUT2D eigenvalue weighted by Crippen LogP contribution is -2.30. The lowest BCUT2D eigenvalue weighted by Gasteiger charge is -2.15. The molecule has 1 N–H and O–H groups in total. The van der Waals surface area contributed by atoms with Gasteiger partial charge < -0.3 is 14.6 Å². The third-order valence-electron chi connectivity index (χ3n) is 4.84. The van der Waals surface area contributed by atoms with E-state index in [1.807, 2.05) is 47.9 Å². The smallest absolute Gasteiger partial charge is 0.224 e. The average Bonchev–Trinajstić information content (AvgIpc) is 3.21. The molecule has 0 bridgehead atoms. The van der Waals surface area contributed by atoms with E-state index in [0.29, 0.717) is 23.1 Å². The fourth-order valence-electron chi connectivity index (χ4n) is 3.16. The van der Waals surface area contributed by atoms with E-state index in [4.69, 9.17) is 4.74 Å². The lowest BCUT2D eigenvalue weighted by molar-refractivity contribution is -0.121. The second kappa shape index (κ2) is 11.8. The maximum Gasteiger partial charge on any atom is 0.224 e. The van der Waals surface area contributed by atoms with Crippen molar-refractivity contribution in [3.63, 3.8) is 0 Å². The van der Waals surface area contributed by atoms with Crippen LogP contribution in [-0.4, -0.2) is 39.3 Å². The van der Waals surface area contributed by atoms with Crippen molar-refractivity contribution < 1.29 is 14.3 Å². The maximum atomic E-state index is 12.5. The van der Waals surface area contributed by atoms with Crippen molar-refractivity contribution in [3.8, 4) is 5.75 Å². The van der Waals surface area contributed by atoms with Crippen LogP contribution in [0, 0.1) is 0 Å². The van der Waals surface area contributed by atoms with Gasteiger partial charge in [-0.3, -0.25) is 9.59 Å². The molecular formula is C24H25BrN4O3S. The molecule has 1 atom stereocenters. The molecule has 1 heterocycles. The summed E-state index contributed by atoms with van der Waals surface area (Å²) in [7, 11) is 1.60. The average molecular weight is 529 g/mol. The lowest BCUT2D eigenvalue weighted by atomic mass is 10.1. The Kier molecular flexibility index (Phi) is 8.85. The fraction of sp³-hybridized carbons (Fsp3) is 0.250. The number of hydrogen-bond donors (Lipinski definition) is 1. The van der Waals surface area contributed by atoms with E-state index in [1.165, 1.54) is 11.8 Å². The van der Waals surface area contributed by atoms with Crippen LogP contribution in [0.2, 0.25) is 0 Å². The zero-order chi connectivity index (χ0) is 23.8. The van der Waals surface area contributed by atoms with Crippen LogP contribution in [0.3, 0.4) is 0 Å². The van der Waals surface area contributed by atoms with Gasteiger partial charge in [0.05, 0.1) is 25.3 Å². The molecule has 172 valence electrons. The number of nitrogens with zero attached hydrogens (tertiary/aromatic N) is 3. The largest absolute Gasteiger partial charge is 0.497 e. The SMILES string of the molecule is C=CCn1c(SCC(=O)c2ccc(Br)cc2)nnc1[C@H](C)NC(=O)Cc1ccc(OC)cc1. The van der Waals surface area contributed by atoms with Gasteiger partial charge in [0.2, 0.25) is 5.91 Å². The minimum Gasteiger partial charge on any atom is -0.497 e. The second-order valence-electron chi connectivity index (χ2n) is 7.27. The molecule has 9 heteroatoms. The van der Waals surface area contributed by atoms with E-state index >= 15 is 0 Å². The van der Waals surface area contributed by atoms with Crippen molar-refractivity contribution in [1.82, 2.24) is 20.1 Å². The predicted octanol–water partition coefficient (Wildman–Crippen LogP) is 4.63. The third kappa shape index (κ3) is 6.79. The second-order valence-corrected chi connectivity index (χ2v) is 9.13. The quantitative estimate of drug-likeness (QED) is 0.222. The first-order valence-corrected chi connectivity index (χ1v) is 12.1. The van der Waals surface area contributed by atoms with Crippen LogP contribution < -0.4 is 10.1 Å². The Morgan fingerprint density at radius 2 is 1.88 bits per heavy atom. The van der Waals surface area contributed by atoms with Crippen molar-refractivity contribution in [1.29, 1.82) is 0 Å². The summed E-state index contributed by atoms with van der Waals surface area (Å²) in [6.45, 7) is 6.13. The van der Waals surface area contributed by atoms with Gasteiger partial charge in [-0.2, -0.15) is 0 Å². The van der Waals surface area contributed by atoms with Crippen LogP contribution in [-0.2, 0) is 17.8 Å². The third-order valence-corrected chi connectivity index (χ3v) is 6.34. The zero-order valence-electron chi connectivity index (χ0n) is 18.5. The van der Waals surface area contributed by atoms with Gasteiger partial charge >= 0.3 is 0 Å². The first kappa shape index (κ1) is 24.7. The van der Waals surface area contributed by atoms with Crippen molar-refractivity contribution >= 4 is 39.4 Å². The molecule has 3 rings (SSSR count). The Hall–Kier alpha value is -2.91. The molecule has 0 aliphatic carbocycles. The van der Waals surface area contributed by atoms with E-state index in [1.54, 1.807) is 25.3 Å². The summed E-state index contributed by atoms with van der Waals surface area (Å²) in [4.78, 5) is 25.1. The van der Waals surface area contributed by atoms with E-state index in [0.717, 1.165) is 15.8 Å². The number of aromatic nitrogens is 3. The summed E-state index contributed by atoms with van der Waals surface area (Å²) in [6, 6.07) is 14.3. The van der Waals surface area contributed by atoms with Crippen LogP contribution in [0.1, 0.15) is 34.7 Å². The summed E-state index contributed by atoms with van der Waals surface area (Å²) in [5.41, 5.74) is 1.52. The number of ketones is 1. The van der Waals surface area contributed by atoms with Crippen LogP contribution in [0.25, 0.3) is 0 Å². The Morgan fingerprint density at radius 1 is 1.18 bits per heavy atom. The topological polar surface area (TPSA) is 86.1 Å². The van der Waals surface area contributed by atoms with Gasteiger partial charge in [-0.25, -0.2) is 0 Å². The van der Waals surface area contributed by atoms with Crippen LogP contribution in [0.4, 0.5) is 0 Å². The fourth-order valence-corrected chi connectivity index (χ4v) is 4.28. The number of allylic oxidation sites excluding steroid dienone is 1. The molecule has 7 nitrogen and oxygen atoms in total. The maximum absolute atomic E-state index is 12.5. The van der Waals surface area contributed by atoms with Gasteiger partial charge in [-0.05, 0) is 36.8 Å². The Balaban J connectivity index is 1.64. The monoisotopic (exact) mass is 528 g/mol. The molecule has 0 spiro atoms. The summed E-state index contributed by atoms with van der Waals surface area (Å²) in [5.74, 6) is 1.46.